The van der Waals surface area contributed by atoms with Crippen LogP contribution in [-0.2, 0) is 26.0 Å². The molecule has 1 aromatic rings. The first-order chi connectivity index (χ1) is 9.86. The van der Waals surface area contributed by atoms with Gasteiger partial charge in [-0.25, -0.2) is 13.1 Å². The first-order valence-electron chi connectivity index (χ1n) is 6.46. The normalized spacial score (nSPS) is 14.3. The third-order valence-corrected chi connectivity index (χ3v) is 5.19. The van der Waals surface area contributed by atoms with Crippen molar-refractivity contribution in [2.75, 3.05) is 31.7 Å². The van der Waals surface area contributed by atoms with Gasteiger partial charge in [0, 0.05) is 31.6 Å². The second kappa shape index (κ2) is 6.43. The van der Waals surface area contributed by atoms with Crippen molar-refractivity contribution in [3.63, 3.8) is 0 Å². The number of amides is 1. The minimum atomic E-state index is -3.70. The van der Waals surface area contributed by atoms with Crippen molar-refractivity contribution in [2.24, 2.45) is 0 Å². The number of hydrogen-bond acceptors (Lipinski definition) is 4. The number of sulfonamides is 1. The maximum absolute atomic E-state index is 12.5. The van der Waals surface area contributed by atoms with E-state index in [-0.39, 0.29) is 24.0 Å². The van der Waals surface area contributed by atoms with Crippen LogP contribution in [0.1, 0.15) is 12.5 Å². The quantitative estimate of drug-likeness (QED) is 0.785. The van der Waals surface area contributed by atoms with Gasteiger partial charge in [0.25, 0.3) is 0 Å². The smallest absolute Gasteiger partial charge is 0.242 e. The van der Waals surface area contributed by atoms with Crippen molar-refractivity contribution in [3.8, 4) is 0 Å². The number of rotatable bonds is 5. The minimum Gasteiger partial charge on any atom is -0.383 e. The van der Waals surface area contributed by atoms with Crippen LogP contribution in [0.25, 0.3) is 0 Å². The van der Waals surface area contributed by atoms with E-state index < -0.39 is 10.0 Å². The standard InChI is InChI=1S/C13H17BrN2O4S/c1-9(17)16-5-3-10-7-11(14)8-12(13(10)16)21(18,19)15-4-6-20-2/h7-8,15H,3-6H2,1-2H3. The molecular weight excluding hydrogens is 360 g/mol. The van der Waals surface area contributed by atoms with Crippen LogP contribution in [0.15, 0.2) is 21.5 Å². The van der Waals surface area contributed by atoms with Gasteiger partial charge in [-0.05, 0) is 24.1 Å². The summed E-state index contributed by atoms with van der Waals surface area (Å²) in [6.45, 7) is 2.40. The zero-order chi connectivity index (χ0) is 15.6. The lowest BCUT2D eigenvalue weighted by Crippen LogP contribution is -2.31. The fourth-order valence-electron chi connectivity index (χ4n) is 2.34. The van der Waals surface area contributed by atoms with E-state index in [4.69, 9.17) is 4.74 Å². The third kappa shape index (κ3) is 3.45. The average molecular weight is 377 g/mol. The Kier molecular flexibility index (Phi) is 5.03. The van der Waals surface area contributed by atoms with E-state index in [0.717, 1.165) is 5.56 Å². The van der Waals surface area contributed by atoms with Gasteiger partial charge >= 0.3 is 0 Å². The molecule has 0 aliphatic carbocycles. The molecule has 1 aliphatic rings. The summed E-state index contributed by atoms with van der Waals surface area (Å²) in [5, 5.41) is 0. The number of ether oxygens (including phenoxy) is 1. The molecule has 1 aliphatic heterocycles. The molecule has 8 heteroatoms. The molecular formula is C13H17BrN2O4S. The van der Waals surface area contributed by atoms with Crippen molar-refractivity contribution in [1.82, 2.24) is 4.72 Å². The SMILES string of the molecule is COCCNS(=O)(=O)c1cc(Br)cc2c1N(C(C)=O)CC2. The number of anilines is 1. The molecule has 0 atom stereocenters. The molecule has 0 unspecified atom stereocenters. The van der Waals surface area contributed by atoms with Crippen LogP contribution >= 0.6 is 15.9 Å². The Morgan fingerprint density at radius 1 is 1.48 bits per heavy atom. The van der Waals surface area contributed by atoms with E-state index in [1.807, 2.05) is 6.07 Å². The van der Waals surface area contributed by atoms with Crippen LogP contribution in [0, 0.1) is 0 Å². The van der Waals surface area contributed by atoms with Gasteiger partial charge in [-0.15, -0.1) is 0 Å². The number of nitrogens with one attached hydrogen (secondary N) is 1. The van der Waals surface area contributed by atoms with Crippen LogP contribution in [0.5, 0.6) is 0 Å². The summed E-state index contributed by atoms with van der Waals surface area (Å²) in [4.78, 5) is 13.3. The molecule has 0 radical (unpaired) electrons. The Balaban J connectivity index is 2.47. The first kappa shape index (κ1) is 16.4. The number of carbonyl (C=O) groups excluding carboxylic acids is 1. The summed E-state index contributed by atoms with van der Waals surface area (Å²) < 4.78 is 32.9. The Hall–Kier alpha value is -0.960. The molecule has 2 rings (SSSR count). The molecule has 1 amide bonds. The van der Waals surface area contributed by atoms with Crippen LogP contribution in [0.3, 0.4) is 0 Å². The molecule has 0 saturated heterocycles. The zero-order valence-electron chi connectivity index (χ0n) is 11.8. The minimum absolute atomic E-state index is 0.121. The van der Waals surface area contributed by atoms with Gasteiger partial charge in [-0.2, -0.15) is 0 Å². The lowest BCUT2D eigenvalue weighted by molar-refractivity contribution is -0.116. The highest BCUT2D eigenvalue weighted by Gasteiger charge is 2.31. The lowest BCUT2D eigenvalue weighted by Gasteiger charge is -2.19. The number of fused-ring (bicyclic) bond motifs is 1. The monoisotopic (exact) mass is 376 g/mol. The number of methoxy groups -OCH3 is 1. The van der Waals surface area contributed by atoms with Crippen LogP contribution in [0.2, 0.25) is 0 Å². The van der Waals surface area contributed by atoms with Crippen LogP contribution < -0.4 is 9.62 Å². The van der Waals surface area contributed by atoms with Gasteiger partial charge in [0.15, 0.2) is 0 Å². The fourth-order valence-corrected chi connectivity index (χ4v) is 4.29. The molecule has 0 spiro atoms. The third-order valence-electron chi connectivity index (χ3n) is 3.26. The molecule has 0 bridgehead atoms. The van der Waals surface area contributed by atoms with Gasteiger partial charge in [0.2, 0.25) is 15.9 Å². The lowest BCUT2D eigenvalue weighted by atomic mass is 10.2. The molecule has 116 valence electrons. The van der Waals surface area contributed by atoms with Crippen LogP contribution in [-0.4, -0.2) is 41.1 Å². The van der Waals surface area contributed by atoms with Gasteiger partial charge in [0.1, 0.15) is 4.90 Å². The highest BCUT2D eigenvalue weighted by molar-refractivity contribution is 9.10. The Labute approximate surface area is 132 Å². The van der Waals surface area contributed by atoms with Crippen molar-refractivity contribution < 1.29 is 17.9 Å². The molecule has 21 heavy (non-hydrogen) atoms. The number of nitrogens with zero attached hydrogens (tertiary/aromatic N) is 1. The summed E-state index contributed by atoms with van der Waals surface area (Å²) in [7, 11) is -2.20. The average Bonchev–Trinajstić information content (AvgIpc) is 2.81. The van der Waals surface area contributed by atoms with Crippen molar-refractivity contribution in [1.29, 1.82) is 0 Å². The van der Waals surface area contributed by atoms with Crippen molar-refractivity contribution >= 4 is 37.5 Å². The molecule has 1 heterocycles. The summed E-state index contributed by atoms with van der Waals surface area (Å²) in [5.74, 6) is -0.163. The summed E-state index contributed by atoms with van der Waals surface area (Å²) in [5.41, 5.74) is 1.34. The van der Waals surface area contributed by atoms with Gasteiger partial charge in [-0.3, -0.25) is 4.79 Å². The molecule has 1 aromatic carbocycles. The number of hydrogen-bond donors (Lipinski definition) is 1. The van der Waals surface area contributed by atoms with Crippen LogP contribution in [0.4, 0.5) is 5.69 Å². The van der Waals surface area contributed by atoms with Gasteiger partial charge in [-0.1, -0.05) is 15.9 Å². The van der Waals surface area contributed by atoms with E-state index in [1.165, 1.54) is 25.0 Å². The fraction of sp³-hybridized carbons (Fsp3) is 0.462. The molecule has 0 saturated carbocycles. The van der Waals surface area contributed by atoms with E-state index in [1.54, 1.807) is 0 Å². The van der Waals surface area contributed by atoms with E-state index in [9.17, 15) is 13.2 Å². The second-order valence-corrected chi connectivity index (χ2v) is 7.37. The highest BCUT2D eigenvalue weighted by atomic mass is 79.9. The number of benzene rings is 1. The molecule has 0 fully saturated rings. The Bertz CT molecular complexity index is 660. The van der Waals surface area contributed by atoms with E-state index >= 15 is 0 Å². The van der Waals surface area contributed by atoms with Crippen molar-refractivity contribution in [3.05, 3.63) is 22.2 Å². The van der Waals surface area contributed by atoms with Gasteiger partial charge < -0.3 is 9.64 Å². The summed E-state index contributed by atoms with van der Waals surface area (Å²) >= 11 is 3.33. The molecule has 6 nitrogen and oxygen atoms in total. The van der Waals surface area contributed by atoms with Crippen molar-refractivity contribution in [2.45, 2.75) is 18.2 Å². The number of carbonyl (C=O) groups is 1. The van der Waals surface area contributed by atoms with E-state index in [2.05, 4.69) is 20.7 Å². The highest BCUT2D eigenvalue weighted by Crippen LogP contribution is 2.37. The molecule has 0 aromatic heterocycles. The summed E-state index contributed by atoms with van der Waals surface area (Å²) in [6, 6.07) is 3.38. The Morgan fingerprint density at radius 2 is 2.19 bits per heavy atom. The predicted molar refractivity (Wildman–Crippen MR) is 82.9 cm³/mol. The second-order valence-electron chi connectivity index (χ2n) is 4.72. The largest absolute Gasteiger partial charge is 0.383 e. The number of halogens is 1. The maximum atomic E-state index is 12.5. The van der Waals surface area contributed by atoms with Gasteiger partial charge in [0.05, 0.1) is 12.3 Å². The topological polar surface area (TPSA) is 75.7 Å². The first-order valence-corrected chi connectivity index (χ1v) is 8.73. The maximum Gasteiger partial charge on any atom is 0.242 e. The molecule has 1 N–H and O–H groups in total. The zero-order valence-corrected chi connectivity index (χ0v) is 14.3. The summed E-state index contributed by atoms with van der Waals surface area (Å²) in [6.07, 6.45) is 0.648. The van der Waals surface area contributed by atoms with E-state index in [0.29, 0.717) is 23.1 Å². The Morgan fingerprint density at radius 3 is 2.81 bits per heavy atom. The predicted octanol–water partition coefficient (Wildman–Crippen LogP) is 1.28.